The molecule has 0 saturated carbocycles. The van der Waals surface area contributed by atoms with Gasteiger partial charge in [-0.1, -0.05) is 30.7 Å². The van der Waals surface area contributed by atoms with E-state index in [0.717, 1.165) is 44.1 Å². The summed E-state index contributed by atoms with van der Waals surface area (Å²) in [6.07, 6.45) is 2.18. The van der Waals surface area contributed by atoms with Gasteiger partial charge < -0.3 is 15.0 Å². The Bertz CT molecular complexity index is 356. The van der Waals surface area contributed by atoms with E-state index in [1.54, 1.807) is 7.11 Å². The van der Waals surface area contributed by atoms with Gasteiger partial charge in [-0.15, -0.1) is 0 Å². The Morgan fingerprint density at radius 1 is 1.25 bits per heavy atom. The van der Waals surface area contributed by atoms with E-state index in [9.17, 15) is 0 Å². The van der Waals surface area contributed by atoms with E-state index >= 15 is 0 Å². The Morgan fingerprint density at radius 2 is 1.95 bits per heavy atom. The molecule has 4 heteroatoms. The van der Waals surface area contributed by atoms with Crippen LogP contribution in [0.4, 0.5) is 0 Å². The maximum atomic E-state index is 5.95. The van der Waals surface area contributed by atoms with Crippen molar-refractivity contribution in [3.8, 4) is 0 Å². The highest BCUT2D eigenvalue weighted by Crippen LogP contribution is 2.19. The summed E-state index contributed by atoms with van der Waals surface area (Å²) in [4.78, 5) is 2.36. The van der Waals surface area contributed by atoms with Crippen LogP contribution in [0, 0.1) is 0 Å². The van der Waals surface area contributed by atoms with E-state index in [1.807, 2.05) is 12.1 Å². The zero-order chi connectivity index (χ0) is 14.8. The second-order valence-electron chi connectivity index (χ2n) is 5.10. The Balaban J connectivity index is 2.44. The van der Waals surface area contributed by atoms with E-state index in [2.05, 4.69) is 36.3 Å². The summed E-state index contributed by atoms with van der Waals surface area (Å²) in [5.41, 5.74) is 1.31. The molecule has 1 rings (SSSR count). The molecular formula is C16H27ClN2O. The summed E-state index contributed by atoms with van der Waals surface area (Å²) in [6, 6.07) is 8.54. The van der Waals surface area contributed by atoms with Crippen LogP contribution in [0.5, 0.6) is 0 Å². The fourth-order valence-electron chi connectivity index (χ4n) is 2.27. The third kappa shape index (κ3) is 6.71. The molecule has 114 valence electrons. The summed E-state index contributed by atoms with van der Waals surface area (Å²) in [5.74, 6) is 0. The molecule has 0 saturated heterocycles. The summed E-state index contributed by atoms with van der Waals surface area (Å²) < 4.78 is 5.09. The van der Waals surface area contributed by atoms with Gasteiger partial charge in [0.05, 0.1) is 0 Å². The van der Waals surface area contributed by atoms with E-state index in [-0.39, 0.29) is 0 Å². The first-order valence-corrected chi connectivity index (χ1v) is 7.71. The molecule has 0 fully saturated rings. The fraction of sp³-hybridized carbons (Fsp3) is 0.625. The highest BCUT2D eigenvalue weighted by atomic mass is 35.5. The van der Waals surface area contributed by atoms with Gasteiger partial charge in [-0.2, -0.15) is 0 Å². The van der Waals surface area contributed by atoms with Crippen LogP contribution >= 0.6 is 11.6 Å². The van der Waals surface area contributed by atoms with Crippen molar-refractivity contribution in [3.05, 3.63) is 34.9 Å². The maximum absolute atomic E-state index is 5.95. The fourth-order valence-corrected chi connectivity index (χ4v) is 2.39. The van der Waals surface area contributed by atoms with Gasteiger partial charge in [0.15, 0.2) is 0 Å². The molecule has 0 bridgehead atoms. The number of hydrogen-bond acceptors (Lipinski definition) is 3. The van der Waals surface area contributed by atoms with Gasteiger partial charge in [-0.25, -0.2) is 0 Å². The van der Waals surface area contributed by atoms with Gasteiger partial charge in [0, 0.05) is 31.3 Å². The Hall–Kier alpha value is -0.610. The minimum atomic E-state index is 0.391. The largest absolute Gasteiger partial charge is 0.385 e. The Labute approximate surface area is 128 Å². The third-order valence-electron chi connectivity index (χ3n) is 3.41. The quantitative estimate of drug-likeness (QED) is 0.671. The summed E-state index contributed by atoms with van der Waals surface area (Å²) in [5, 5.41) is 4.34. The minimum Gasteiger partial charge on any atom is -0.385 e. The predicted molar refractivity (Wildman–Crippen MR) is 86.5 cm³/mol. The molecule has 0 heterocycles. The van der Waals surface area contributed by atoms with Crippen LogP contribution in [-0.4, -0.2) is 45.3 Å². The van der Waals surface area contributed by atoms with Crippen molar-refractivity contribution in [3.63, 3.8) is 0 Å². The van der Waals surface area contributed by atoms with Gasteiger partial charge in [0.1, 0.15) is 0 Å². The smallest absolute Gasteiger partial charge is 0.0474 e. The lowest BCUT2D eigenvalue weighted by atomic mass is 10.0. The topological polar surface area (TPSA) is 24.5 Å². The number of benzene rings is 1. The van der Waals surface area contributed by atoms with Crippen molar-refractivity contribution in [1.82, 2.24) is 10.2 Å². The van der Waals surface area contributed by atoms with Crippen molar-refractivity contribution in [2.75, 3.05) is 40.4 Å². The highest BCUT2D eigenvalue weighted by Gasteiger charge is 2.11. The first-order valence-electron chi connectivity index (χ1n) is 7.33. The summed E-state index contributed by atoms with van der Waals surface area (Å²) in [7, 11) is 3.92. The summed E-state index contributed by atoms with van der Waals surface area (Å²) >= 11 is 5.95. The lowest BCUT2D eigenvalue weighted by Gasteiger charge is -2.22. The van der Waals surface area contributed by atoms with Crippen molar-refractivity contribution in [1.29, 1.82) is 0 Å². The number of hydrogen-bond donors (Lipinski definition) is 1. The number of methoxy groups -OCH3 is 1. The monoisotopic (exact) mass is 298 g/mol. The van der Waals surface area contributed by atoms with Gasteiger partial charge in [0.2, 0.25) is 0 Å². The third-order valence-corrected chi connectivity index (χ3v) is 3.66. The number of ether oxygens (including phenoxy) is 1. The number of rotatable bonds is 10. The Kier molecular flexibility index (Phi) is 8.86. The second kappa shape index (κ2) is 10.2. The molecule has 0 radical (unpaired) electrons. The van der Waals surface area contributed by atoms with Crippen LogP contribution in [-0.2, 0) is 4.74 Å². The molecule has 1 aromatic carbocycles. The number of nitrogens with one attached hydrogen (secondary N) is 1. The SMILES string of the molecule is CCNC(CCN(C)CCCOC)c1ccc(Cl)cc1. The van der Waals surface area contributed by atoms with Crippen LogP contribution in [0.25, 0.3) is 0 Å². The lowest BCUT2D eigenvalue weighted by Crippen LogP contribution is -2.28. The predicted octanol–water partition coefficient (Wildman–Crippen LogP) is 3.35. The first kappa shape index (κ1) is 17.4. The van der Waals surface area contributed by atoms with Gasteiger partial charge >= 0.3 is 0 Å². The Morgan fingerprint density at radius 3 is 2.55 bits per heavy atom. The highest BCUT2D eigenvalue weighted by molar-refractivity contribution is 6.30. The normalized spacial score (nSPS) is 12.8. The molecule has 0 amide bonds. The molecule has 1 atom stereocenters. The number of halogens is 1. The lowest BCUT2D eigenvalue weighted by molar-refractivity contribution is 0.178. The average Bonchev–Trinajstić information content (AvgIpc) is 2.45. The van der Waals surface area contributed by atoms with Crippen LogP contribution in [0.15, 0.2) is 24.3 Å². The molecule has 1 N–H and O–H groups in total. The molecule has 1 aromatic rings. The zero-order valence-corrected chi connectivity index (χ0v) is 13.6. The van der Waals surface area contributed by atoms with Crippen molar-refractivity contribution >= 4 is 11.6 Å². The molecule has 0 aromatic heterocycles. The van der Waals surface area contributed by atoms with Crippen LogP contribution in [0.2, 0.25) is 5.02 Å². The molecule has 0 aliphatic heterocycles. The van der Waals surface area contributed by atoms with Gasteiger partial charge in [0.25, 0.3) is 0 Å². The van der Waals surface area contributed by atoms with Crippen molar-refractivity contribution in [2.45, 2.75) is 25.8 Å². The molecule has 3 nitrogen and oxygen atoms in total. The summed E-state index contributed by atoms with van der Waals surface area (Å²) in [6.45, 7) is 6.10. The van der Waals surface area contributed by atoms with Crippen LogP contribution in [0.3, 0.4) is 0 Å². The standard InChI is InChI=1S/C16H27ClN2O/c1-4-18-16(14-6-8-15(17)9-7-14)10-12-19(2)11-5-13-20-3/h6-9,16,18H,4-5,10-13H2,1-3H3. The molecule has 0 aliphatic carbocycles. The zero-order valence-electron chi connectivity index (χ0n) is 12.9. The molecular weight excluding hydrogens is 272 g/mol. The minimum absolute atomic E-state index is 0.391. The molecule has 20 heavy (non-hydrogen) atoms. The van der Waals surface area contributed by atoms with Crippen LogP contribution in [0.1, 0.15) is 31.4 Å². The van der Waals surface area contributed by atoms with E-state index in [0.29, 0.717) is 6.04 Å². The first-order chi connectivity index (χ1) is 9.67. The molecule has 0 aliphatic rings. The van der Waals surface area contributed by atoms with E-state index in [4.69, 9.17) is 16.3 Å². The maximum Gasteiger partial charge on any atom is 0.0474 e. The average molecular weight is 299 g/mol. The van der Waals surface area contributed by atoms with Gasteiger partial charge in [-0.05, 0) is 50.7 Å². The van der Waals surface area contributed by atoms with Crippen molar-refractivity contribution in [2.24, 2.45) is 0 Å². The molecule has 1 unspecified atom stereocenters. The van der Waals surface area contributed by atoms with Crippen molar-refractivity contribution < 1.29 is 4.74 Å². The second-order valence-corrected chi connectivity index (χ2v) is 5.54. The van der Waals surface area contributed by atoms with E-state index < -0.39 is 0 Å². The van der Waals surface area contributed by atoms with Gasteiger partial charge in [-0.3, -0.25) is 0 Å². The number of nitrogens with zero attached hydrogens (tertiary/aromatic N) is 1. The van der Waals surface area contributed by atoms with Crippen LogP contribution < -0.4 is 5.32 Å². The van der Waals surface area contributed by atoms with E-state index in [1.165, 1.54) is 5.56 Å². The molecule has 0 spiro atoms.